The lowest BCUT2D eigenvalue weighted by atomic mass is 10.0. The van der Waals surface area contributed by atoms with E-state index in [1.54, 1.807) is 0 Å². The summed E-state index contributed by atoms with van der Waals surface area (Å²) in [6, 6.07) is 7.70. The van der Waals surface area contributed by atoms with E-state index in [4.69, 9.17) is 4.74 Å². The molecule has 1 aromatic rings. The third-order valence-corrected chi connectivity index (χ3v) is 3.28. The third kappa shape index (κ3) is 3.91. The molecule has 1 saturated heterocycles. The number of hydrogen-bond acceptors (Lipinski definition) is 2. The van der Waals surface area contributed by atoms with Gasteiger partial charge in [-0.25, -0.2) is 5.32 Å². The number of Topliss-reactive ketones (excluding diaryl/α,β-unsaturated/α-hetero) is 1. The Hall–Kier alpha value is -0.710. The number of ether oxygens (including phenoxy) is 1. The number of hydrogen-bond donors (Lipinski definition) is 0. The highest BCUT2D eigenvalue weighted by Crippen LogP contribution is 2.14. The number of rotatable bonds is 4. The molecule has 1 fully saturated rings. The molecule has 0 spiro atoms. The molecule has 0 bridgehead atoms. The van der Waals surface area contributed by atoms with Crippen LogP contribution in [0.4, 0.5) is 0 Å². The maximum absolute atomic E-state index is 11.9. The van der Waals surface area contributed by atoms with E-state index < -0.39 is 0 Å². The molecule has 0 amide bonds. The van der Waals surface area contributed by atoms with Crippen LogP contribution in [0.5, 0.6) is 0 Å². The maximum Gasteiger partial charge on any atom is 0.162 e. The van der Waals surface area contributed by atoms with E-state index in [-0.39, 0.29) is 11.8 Å². The van der Waals surface area contributed by atoms with Crippen LogP contribution < -0.4 is 5.32 Å². The molecule has 1 aromatic carbocycles. The van der Waals surface area contributed by atoms with Gasteiger partial charge in [-0.1, -0.05) is 28.1 Å². The first-order chi connectivity index (χ1) is 8.25. The van der Waals surface area contributed by atoms with Gasteiger partial charge in [-0.2, -0.15) is 0 Å². The Kier molecular flexibility index (Phi) is 4.71. The van der Waals surface area contributed by atoms with Crippen molar-refractivity contribution in [3.8, 4) is 0 Å². The number of nitrogens with zero attached hydrogens (tertiary/aromatic N) is 1. The van der Waals surface area contributed by atoms with Crippen molar-refractivity contribution in [3.05, 3.63) is 34.3 Å². The quantitative estimate of drug-likeness (QED) is 0.801. The Morgan fingerprint density at radius 1 is 1.53 bits per heavy atom. The number of carbonyl (C=O) groups is 1. The van der Waals surface area contributed by atoms with E-state index >= 15 is 0 Å². The van der Waals surface area contributed by atoms with Gasteiger partial charge >= 0.3 is 0 Å². The molecule has 1 atom stereocenters. The average molecular weight is 297 g/mol. The Morgan fingerprint density at radius 3 is 3.12 bits per heavy atom. The van der Waals surface area contributed by atoms with Crippen LogP contribution in [0.15, 0.2) is 28.7 Å². The Labute approximate surface area is 110 Å². The van der Waals surface area contributed by atoms with Gasteiger partial charge in [0.1, 0.15) is 0 Å². The standard InChI is InChI=1S/C13H15BrNO2/c14-11-3-1-2-10(8-11)13(16)5-4-12-9-17-7-6-15-12/h1-3,8,12H,4-7,9H2. The van der Waals surface area contributed by atoms with Crippen molar-refractivity contribution in [2.75, 3.05) is 19.8 Å². The lowest BCUT2D eigenvalue weighted by Crippen LogP contribution is -2.36. The van der Waals surface area contributed by atoms with Crippen molar-refractivity contribution in [2.45, 2.75) is 18.9 Å². The molecule has 0 N–H and O–H groups in total. The van der Waals surface area contributed by atoms with Gasteiger partial charge in [0.25, 0.3) is 0 Å². The van der Waals surface area contributed by atoms with Gasteiger partial charge in [0.15, 0.2) is 5.78 Å². The summed E-state index contributed by atoms with van der Waals surface area (Å²) in [5.41, 5.74) is 0.760. The van der Waals surface area contributed by atoms with Crippen LogP contribution in [-0.4, -0.2) is 31.6 Å². The molecule has 0 saturated carbocycles. The number of carbonyl (C=O) groups excluding carboxylic acids is 1. The predicted octanol–water partition coefficient (Wildman–Crippen LogP) is 2.42. The maximum atomic E-state index is 11.9. The van der Waals surface area contributed by atoms with E-state index in [0.717, 1.165) is 29.6 Å². The number of halogens is 1. The van der Waals surface area contributed by atoms with E-state index in [1.807, 2.05) is 24.3 Å². The zero-order valence-corrected chi connectivity index (χ0v) is 11.1. The highest BCUT2D eigenvalue weighted by atomic mass is 79.9. The Bertz CT molecular complexity index is 389. The van der Waals surface area contributed by atoms with Crippen molar-refractivity contribution in [2.24, 2.45) is 0 Å². The molecule has 2 rings (SSSR count). The van der Waals surface area contributed by atoms with Crippen molar-refractivity contribution in [1.82, 2.24) is 5.32 Å². The minimum atomic E-state index is 0.173. The fraction of sp³-hybridized carbons (Fsp3) is 0.462. The van der Waals surface area contributed by atoms with Crippen LogP contribution in [0.1, 0.15) is 23.2 Å². The summed E-state index contributed by atoms with van der Waals surface area (Å²) in [7, 11) is 0. The minimum Gasteiger partial charge on any atom is -0.378 e. The van der Waals surface area contributed by atoms with Crippen LogP contribution in [0.2, 0.25) is 0 Å². The molecule has 1 radical (unpaired) electrons. The largest absolute Gasteiger partial charge is 0.378 e. The lowest BCUT2D eigenvalue weighted by Gasteiger charge is -2.21. The molecule has 1 aliphatic rings. The zero-order valence-electron chi connectivity index (χ0n) is 9.56. The second-order valence-corrected chi connectivity index (χ2v) is 5.02. The van der Waals surface area contributed by atoms with Crippen LogP contribution in [-0.2, 0) is 4.74 Å². The summed E-state index contributed by atoms with van der Waals surface area (Å²) >= 11 is 3.37. The van der Waals surface area contributed by atoms with Gasteiger partial charge in [-0.05, 0) is 18.6 Å². The first kappa shape index (κ1) is 12.7. The summed E-state index contributed by atoms with van der Waals surface area (Å²) in [4.78, 5) is 11.9. The SMILES string of the molecule is O=C(CCC1COCC[N]1)c1cccc(Br)c1. The van der Waals surface area contributed by atoms with Crippen LogP contribution >= 0.6 is 15.9 Å². The van der Waals surface area contributed by atoms with Gasteiger partial charge in [-0.3, -0.25) is 4.79 Å². The normalized spacial score (nSPS) is 20.2. The van der Waals surface area contributed by atoms with E-state index in [2.05, 4.69) is 21.2 Å². The predicted molar refractivity (Wildman–Crippen MR) is 69.3 cm³/mol. The smallest absolute Gasteiger partial charge is 0.162 e. The number of ketones is 1. The fourth-order valence-electron chi connectivity index (χ4n) is 1.85. The number of benzene rings is 1. The molecule has 17 heavy (non-hydrogen) atoms. The van der Waals surface area contributed by atoms with Crippen LogP contribution in [0, 0.1) is 0 Å². The molecule has 1 aliphatic heterocycles. The molecule has 3 nitrogen and oxygen atoms in total. The summed E-state index contributed by atoms with van der Waals surface area (Å²) in [5, 5.41) is 4.43. The topological polar surface area (TPSA) is 40.4 Å². The molecule has 4 heteroatoms. The minimum absolute atomic E-state index is 0.173. The van der Waals surface area contributed by atoms with Gasteiger partial charge < -0.3 is 4.74 Å². The highest BCUT2D eigenvalue weighted by Gasteiger charge is 2.16. The van der Waals surface area contributed by atoms with Crippen molar-refractivity contribution < 1.29 is 9.53 Å². The number of morpholine rings is 1. The van der Waals surface area contributed by atoms with Gasteiger partial charge in [0.2, 0.25) is 0 Å². The van der Waals surface area contributed by atoms with E-state index in [0.29, 0.717) is 13.0 Å². The van der Waals surface area contributed by atoms with Gasteiger partial charge in [0, 0.05) is 29.0 Å². The lowest BCUT2D eigenvalue weighted by molar-refractivity contribution is 0.0693. The van der Waals surface area contributed by atoms with Crippen molar-refractivity contribution in [1.29, 1.82) is 0 Å². The van der Waals surface area contributed by atoms with Crippen molar-refractivity contribution >= 4 is 21.7 Å². The molecule has 0 aromatic heterocycles. The second kappa shape index (κ2) is 6.28. The summed E-state index contributed by atoms with van der Waals surface area (Å²) < 4.78 is 6.27. The zero-order chi connectivity index (χ0) is 12.1. The summed E-state index contributed by atoms with van der Waals surface area (Å²) in [6.45, 7) is 2.14. The summed E-state index contributed by atoms with van der Waals surface area (Å²) in [6.07, 6.45) is 1.32. The second-order valence-electron chi connectivity index (χ2n) is 4.11. The van der Waals surface area contributed by atoms with E-state index in [9.17, 15) is 4.79 Å². The van der Waals surface area contributed by atoms with Crippen LogP contribution in [0.3, 0.4) is 0 Å². The van der Waals surface area contributed by atoms with E-state index in [1.165, 1.54) is 0 Å². The van der Waals surface area contributed by atoms with Gasteiger partial charge in [-0.15, -0.1) is 0 Å². The third-order valence-electron chi connectivity index (χ3n) is 2.78. The Balaban J connectivity index is 1.84. The van der Waals surface area contributed by atoms with Crippen LogP contribution in [0.25, 0.3) is 0 Å². The van der Waals surface area contributed by atoms with Gasteiger partial charge in [0.05, 0.1) is 13.2 Å². The monoisotopic (exact) mass is 296 g/mol. The average Bonchev–Trinajstić information content (AvgIpc) is 2.37. The molecular formula is C13H15BrNO2. The molecule has 1 unspecified atom stereocenters. The molecule has 1 heterocycles. The first-order valence-electron chi connectivity index (χ1n) is 5.79. The summed E-state index contributed by atoms with van der Waals surface area (Å²) in [5.74, 6) is 0.173. The molecular weight excluding hydrogens is 282 g/mol. The highest BCUT2D eigenvalue weighted by molar-refractivity contribution is 9.10. The fourth-order valence-corrected chi connectivity index (χ4v) is 2.25. The molecule has 0 aliphatic carbocycles. The van der Waals surface area contributed by atoms with Crippen molar-refractivity contribution in [3.63, 3.8) is 0 Å². The Morgan fingerprint density at radius 2 is 2.41 bits per heavy atom. The first-order valence-corrected chi connectivity index (χ1v) is 6.58. The molecule has 91 valence electrons.